The lowest BCUT2D eigenvalue weighted by molar-refractivity contribution is -0.121. The highest BCUT2D eigenvalue weighted by atomic mass is 32.2. The van der Waals surface area contributed by atoms with E-state index in [4.69, 9.17) is 14.2 Å². The van der Waals surface area contributed by atoms with Crippen LogP contribution < -0.4 is 19.7 Å². The zero-order chi connectivity index (χ0) is 27.2. The van der Waals surface area contributed by atoms with Gasteiger partial charge in [0.2, 0.25) is 10.0 Å². The number of hydrogen-bond acceptors (Lipinski definition) is 7. The molecule has 11 heteroatoms. The number of carbonyl (C=O) groups is 2. The van der Waals surface area contributed by atoms with Crippen molar-refractivity contribution in [3.8, 4) is 11.5 Å². The van der Waals surface area contributed by atoms with E-state index in [0.29, 0.717) is 68.6 Å². The third-order valence-electron chi connectivity index (χ3n) is 6.42. The van der Waals surface area contributed by atoms with Crippen molar-refractivity contribution >= 4 is 33.2 Å². The Bertz CT molecular complexity index is 1420. The molecule has 0 unspecified atom stereocenters. The van der Waals surface area contributed by atoms with Crippen LogP contribution >= 0.6 is 0 Å². The third-order valence-corrected chi connectivity index (χ3v) is 8.33. The SMILES string of the molecule is O=C(Nc1ccc2c(c1)N(CCCOc1ccccc1)C(=O)CO2)c1ccc(S(=O)(=O)N2CCOCC2)cc1. The summed E-state index contributed by atoms with van der Waals surface area (Å²) in [6.45, 7) is 2.12. The molecule has 0 aliphatic carbocycles. The van der Waals surface area contributed by atoms with E-state index in [2.05, 4.69) is 5.32 Å². The maximum atomic E-state index is 12.9. The first-order valence-electron chi connectivity index (χ1n) is 12.7. The standard InChI is InChI=1S/C28H29N3O7S/c32-27-20-38-26-12-9-22(19-25(26)31(27)13-4-16-37-23-5-2-1-3-6-23)29-28(33)21-7-10-24(11-8-21)39(34,35)30-14-17-36-18-15-30/h1-3,5-12,19H,4,13-18,20H2,(H,29,33). The summed E-state index contributed by atoms with van der Waals surface area (Å²) in [4.78, 5) is 27.3. The molecule has 10 nitrogen and oxygen atoms in total. The molecule has 0 spiro atoms. The van der Waals surface area contributed by atoms with E-state index >= 15 is 0 Å². The number of carbonyl (C=O) groups excluding carboxylic acids is 2. The normalized spacial score (nSPS) is 15.8. The maximum absolute atomic E-state index is 12.9. The summed E-state index contributed by atoms with van der Waals surface area (Å²) in [5, 5.41) is 2.82. The zero-order valence-corrected chi connectivity index (χ0v) is 22.1. The van der Waals surface area contributed by atoms with E-state index < -0.39 is 15.9 Å². The first-order valence-corrected chi connectivity index (χ1v) is 14.1. The predicted octanol–water partition coefficient (Wildman–Crippen LogP) is 3.15. The fraction of sp³-hybridized carbons (Fsp3) is 0.286. The van der Waals surface area contributed by atoms with Gasteiger partial charge in [-0.15, -0.1) is 0 Å². The molecular formula is C28H29N3O7S. The molecule has 5 rings (SSSR count). The third kappa shape index (κ3) is 6.22. The van der Waals surface area contributed by atoms with Crippen molar-refractivity contribution in [1.29, 1.82) is 0 Å². The van der Waals surface area contributed by atoms with E-state index in [1.807, 2.05) is 30.3 Å². The van der Waals surface area contributed by atoms with Gasteiger partial charge in [0.05, 0.1) is 30.4 Å². The van der Waals surface area contributed by atoms with E-state index in [1.165, 1.54) is 28.6 Å². The summed E-state index contributed by atoms with van der Waals surface area (Å²) in [7, 11) is -3.65. The van der Waals surface area contributed by atoms with Crippen molar-refractivity contribution in [2.24, 2.45) is 0 Å². The summed E-state index contributed by atoms with van der Waals surface area (Å²) in [6.07, 6.45) is 0.608. The van der Waals surface area contributed by atoms with Gasteiger partial charge in [-0.1, -0.05) is 18.2 Å². The van der Waals surface area contributed by atoms with Gasteiger partial charge < -0.3 is 24.4 Å². The van der Waals surface area contributed by atoms with Crippen molar-refractivity contribution in [3.05, 3.63) is 78.4 Å². The molecule has 204 valence electrons. The quantitative estimate of drug-likeness (QED) is 0.407. The predicted molar refractivity (Wildman–Crippen MR) is 145 cm³/mol. The number of para-hydroxylation sites is 1. The van der Waals surface area contributed by atoms with Crippen molar-refractivity contribution < 1.29 is 32.2 Å². The van der Waals surface area contributed by atoms with Gasteiger partial charge in [0, 0.05) is 30.9 Å². The van der Waals surface area contributed by atoms with Crippen molar-refractivity contribution in [3.63, 3.8) is 0 Å². The smallest absolute Gasteiger partial charge is 0.265 e. The van der Waals surface area contributed by atoms with Crippen LogP contribution in [-0.2, 0) is 19.6 Å². The summed E-state index contributed by atoms with van der Waals surface area (Å²) in [5.41, 5.74) is 1.35. The molecule has 2 amide bonds. The van der Waals surface area contributed by atoms with Crippen LogP contribution in [0.3, 0.4) is 0 Å². The highest BCUT2D eigenvalue weighted by Crippen LogP contribution is 2.35. The molecule has 2 heterocycles. The molecule has 3 aromatic carbocycles. The van der Waals surface area contributed by atoms with Gasteiger partial charge in [0.1, 0.15) is 11.5 Å². The largest absolute Gasteiger partial charge is 0.494 e. The van der Waals surface area contributed by atoms with Crippen LogP contribution in [0.1, 0.15) is 16.8 Å². The lowest BCUT2D eigenvalue weighted by Gasteiger charge is -2.30. The molecule has 0 saturated carbocycles. The van der Waals surface area contributed by atoms with Crippen molar-refractivity contribution in [1.82, 2.24) is 4.31 Å². The average molecular weight is 552 g/mol. The Morgan fingerprint density at radius 3 is 2.46 bits per heavy atom. The van der Waals surface area contributed by atoms with Gasteiger partial charge in [-0.05, 0) is 61.0 Å². The van der Waals surface area contributed by atoms with E-state index in [9.17, 15) is 18.0 Å². The minimum Gasteiger partial charge on any atom is -0.494 e. The number of sulfonamides is 1. The number of morpholine rings is 1. The lowest BCUT2D eigenvalue weighted by atomic mass is 10.1. The highest BCUT2D eigenvalue weighted by molar-refractivity contribution is 7.89. The van der Waals surface area contributed by atoms with Gasteiger partial charge in [-0.25, -0.2) is 8.42 Å². The van der Waals surface area contributed by atoms with Crippen LogP contribution in [0.15, 0.2) is 77.7 Å². The van der Waals surface area contributed by atoms with Gasteiger partial charge in [-0.3, -0.25) is 9.59 Å². The molecule has 2 aliphatic heterocycles. The zero-order valence-electron chi connectivity index (χ0n) is 21.2. The molecule has 1 saturated heterocycles. The van der Waals surface area contributed by atoms with Gasteiger partial charge >= 0.3 is 0 Å². The van der Waals surface area contributed by atoms with Crippen LogP contribution in [0.5, 0.6) is 11.5 Å². The molecule has 1 N–H and O–H groups in total. The first kappa shape index (κ1) is 26.7. The number of ether oxygens (including phenoxy) is 3. The lowest BCUT2D eigenvalue weighted by Crippen LogP contribution is -2.40. The van der Waals surface area contributed by atoms with Crippen molar-refractivity contribution in [2.75, 3.05) is 56.3 Å². The second-order valence-electron chi connectivity index (χ2n) is 9.03. The monoisotopic (exact) mass is 551 g/mol. The minimum atomic E-state index is -3.65. The Morgan fingerprint density at radius 2 is 1.72 bits per heavy atom. The highest BCUT2D eigenvalue weighted by Gasteiger charge is 2.27. The van der Waals surface area contributed by atoms with Crippen LogP contribution in [-0.4, -0.2) is 70.6 Å². The molecule has 3 aromatic rings. The fourth-order valence-electron chi connectivity index (χ4n) is 4.37. The second-order valence-corrected chi connectivity index (χ2v) is 11.0. The first-order chi connectivity index (χ1) is 18.9. The van der Waals surface area contributed by atoms with Crippen LogP contribution in [0.25, 0.3) is 0 Å². The Labute approximate surface area is 227 Å². The van der Waals surface area contributed by atoms with Gasteiger partial charge in [0.25, 0.3) is 11.8 Å². The maximum Gasteiger partial charge on any atom is 0.265 e. The Balaban J connectivity index is 1.23. The number of hydrogen-bond donors (Lipinski definition) is 1. The fourth-order valence-corrected chi connectivity index (χ4v) is 5.78. The van der Waals surface area contributed by atoms with Crippen LogP contribution in [0, 0.1) is 0 Å². The molecule has 1 fully saturated rings. The molecule has 0 aromatic heterocycles. The number of rotatable bonds is 9. The van der Waals surface area contributed by atoms with E-state index in [1.54, 1.807) is 23.1 Å². The van der Waals surface area contributed by atoms with E-state index in [0.717, 1.165) is 5.75 Å². The minimum absolute atomic E-state index is 0.0576. The molecule has 2 aliphatic rings. The molecule has 39 heavy (non-hydrogen) atoms. The number of fused-ring (bicyclic) bond motifs is 1. The van der Waals surface area contributed by atoms with Gasteiger partial charge in [0.15, 0.2) is 6.61 Å². The number of nitrogens with zero attached hydrogens (tertiary/aromatic N) is 2. The Kier molecular flexibility index (Phi) is 8.10. The number of nitrogens with one attached hydrogen (secondary N) is 1. The number of amides is 2. The Hall–Kier alpha value is -3.93. The summed E-state index contributed by atoms with van der Waals surface area (Å²) in [6, 6.07) is 20.4. The van der Waals surface area contributed by atoms with Crippen LogP contribution in [0.4, 0.5) is 11.4 Å². The topological polar surface area (TPSA) is 114 Å². The van der Waals surface area contributed by atoms with Crippen LogP contribution in [0.2, 0.25) is 0 Å². The van der Waals surface area contributed by atoms with E-state index in [-0.39, 0.29) is 17.4 Å². The van der Waals surface area contributed by atoms with Crippen molar-refractivity contribution in [2.45, 2.75) is 11.3 Å². The van der Waals surface area contributed by atoms with Gasteiger partial charge in [-0.2, -0.15) is 4.31 Å². The number of anilines is 2. The molecule has 0 bridgehead atoms. The summed E-state index contributed by atoms with van der Waals surface area (Å²) >= 11 is 0. The molecule has 0 radical (unpaired) electrons. The Morgan fingerprint density at radius 1 is 0.974 bits per heavy atom. The summed E-state index contributed by atoms with van der Waals surface area (Å²) < 4.78 is 43.6. The molecular weight excluding hydrogens is 522 g/mol. The molecule has 0 atom stereocenters. The average Bonchev–Trinajstić information content (AvgIpc) is 2.97. The second kappa shape index (κ2) is 11.9. The summed E-state index contributed by atoms with van der Waals surface area (Å²) in [5.74, 6) is 0.732. The number of benzene rings is 3.